The lowest BCUT2D eigenvalue weighted by Crippen LogP contribution is -2.15. The Bertz CT molecular complexity index is 212. The van der Waals surface area contributed by atoms with Gasteiger partial charge in [-0.1, -0.05) is 0 Å². The number of halogens is 1. The fourth-order valence-electron chi connectivity index (χ4n) is 1.18. The van der Waals surface area contributed by atoms with E-state index in [1.54, 1.807) is 13.8 Å². The third-order valence-electron chi connectivity index (χ3n) is 1.81. The summed E-state index contributed by atoms with van der Waals surface area (Å²) in [4.78, 5) is 10.8. The first-order valence-electron chi connectivity index (χ1n) is 5.04. The van der Waals surface area contributed by atoms with Crippen LogP contribution in [0.15, 0.2) is 0 Å². The van der Waals surface area contributed by atoms with Crippen LogP contribution in [0.2, 0.25) is 0 Å². The maximum Gasteiger partial charge on any atom is 0.340 e. The zero-order valence-electron chi connectivity index (χ0n) is 9.15. The van der Waals surface area contributed by atoms with Gasteiger partial charge < -0.3 is 13.8 Å². The molecule has 0 spiro atoms. The first kappa shape index (κ1) is 15.1. The van der Waals surface area contributed by atoms with Gasteiger partial charge >= 0.3 is 7.60 Å². The molecule has 90 valence electrons. The Kier molecular flexibility index (Phi) is 8.34. The van der Waals surface area contributed by atoms with Crippen molar-refractivity contribution in [2.24, 2.45) is 0 Å². The van der Waals surface area contributed by atoms with E-state index in [9.17, 15) is 9.36 Å². The van der Waals surface area contributed by atoms with Crippen molar-refractivity contribution in [3.05, 3.63) is 0 Å². The maximum absolute atomic E-state index is 12.1. The standard InChI is InChI=1S/C9H18ClO4P/c1-3-13-15(12,14-4-2)9(8-11)6-5-7-10/h8-9H,3-7H2,1-2H3. The molecule has 0 aliphatic carbocycles. The van der Waals surface area contributed by atoms with Crippen molar-refractivity contribution in [3.63, 3.8) is 0 Å². The lowest BCUT2D eigenvalue weighted by Gasteiger charge is -2.21. The van der Waals surface area contributed by atoms with E-state index in [1.807, 2.05) is 0 Å². The molecule has 0 fully saturated rings. The Morgan fingerprint density at radius 2 is 1.87 bits per heavy atom. The smallest absolute Gasteiger partial charge is 0.308 e. The second-order valence-electron chi connectivity index (χ2n) is 2.91. The average molecular weight is 257 g/mol. The number of carbonyl (C=O) groups excluding carboxylic acids is 1. The van der Waals surface area contributed by atoms with Gasteiger partial charge in [0.05, 0.1) is 13.2 Å². The molecule has 0 radical (unpaired) electrons. The Balaban J connectivity index is 4.53. The third-order valence-corrected chi connectivity index (χ3v) is 4.51. The largest absolute Gasteiger partial charge is 0.340 e. The Morgan fingerprint density at radius 3 is 2.20 bits per heavy atom. The molecule has 0 amide bonds. The molecule has 0 aromatic rings. The van der Waals surface area contributed by atoms with E-state index in [2.05, 4.69) is 0 Å². The molecule has 0 N–H and O–H groups in total. The summed E-state index contributed by atoms with van der Waals surface area (Å²) in [6.07, 6.45) is 1.69. The molecule has 0 saturated carbocycles. The molecule has 15 heavy (non-hydrogen) atoms. The van der Waals surface area contributed by atoms with E-state index in [4.69, 9.17) is 20.6 Å². The highest BCUT2D eigenvalue weighted by Gasteiger charge is 2.34. The first-order chi connectivity index (χ1) is 7.14. The van der Waals surface area contributed by atoms with Gasteiger partial charge in [0.15, 0.2) is 0 Å². The van der Waals surface area contributed by atoms with Gasteiger partial charge in [0.25, 0.3) is 0 Å². The number of rotatable bonds is 9. The number of hydrogen-bond donors (Lipinski definition) is 0. The number of alkyl halides is 1. The predicted molar refractivity (Wildman–Crippen MR) is 60.7 cm³/mol. The van der Waals surface area contributed by atoms with E-state index < -0.39 is 13.3 Å². The van der Waals surface area contributed by atoms with Gasteiger partial charge in [-0.2, -0.15) is 0 Å². The monoisotopic (exact) mass is 256 g/mol. The van der Waals surface area contributed by atoms with Crippen LogP contribution >= 0.6 is 19.2 Å². The van der Waals surface area contributed by atoms with Crippen LogP contribution in [0.5, 0.6) is 0 Å². The summed E-state index contributed by atoms with van der Waals surface area (Å²) in [7, 11) is -3.29. The molecule has 0 bridgehead atoms. The molecule has 0 saturated heterocycles. The van der Waals surface area contributed by atoms with Gasteiger partial charge in [-0.05, 0) is 26.7 Å². The summed E-state index contributed by atoms with van der Waals surface area (Å²) in [5.74, 6) is 0.433. The Labute approximate surface area is 95.8 Å². The van der Waals surface area contributed by atoms with Gasteiger partial charge in [0.2, 0.25) is 0 Å². The van der Waals surface area contributed by atoms with Crippen molar-refractivity contribution in [1.82, 2.24) is 0 Å². The second-order valence-corrected chi connectivity index (χ2v) is 5.55. The zero-order chi connectivity index (χ0) is 11.7. The molecule has 0 aliphatic rings. The van der Waals surface area contributed by atoms with Crippen LogP contribution in [0, 0.1) is 0 Å². The zero-order valence-corrected chi connectivity index (χ0v) is 10.8. The van der Waals surface area contributed by atoms with Gasteiger partial charge in [-0.25, -0.2) is 0 Å². The Morgan fingerprint density at radius 1 is 1.33 bits per heavy atom. The minimum absolute atomic E-state index is 0.266. The van der Waals surface area contributed by atoms with Crippen molar-refractivity contribution in [1.29, 1.82) is 0 Å². The van der Waals surface area contributed by atoms with E-state index in [0.29, 0.717) is 25.0 Å². The highest BCUT2D eigenvalue weighted by Crippen LogP contribution is 2.53. The van der Waals surface area contributed by atoms with Crippen molar-refractivity contribution in [2.75, 3.05) is 19.1 Å². The number of hydrogen-bond acceptors (Lipinski definition) is 4. The van der Waals surface area contributed by atoms with E-state index in [-0.39, 0.29) is 13.2 Å². The van der Waals surface area contributed by atoms with E-state index in [1.165, 1.54) is 0 Å². The molecule has 4 nitrogen and oxygen atoms in total. The van der Waals surface area contributed by atoms with Gasteiger partial charge in [-0.3, -0.25) is 4.57 Å². The number of carbonyl (C=O) groups is 1. The van der Waals surface area contributed by atoms with Crippen LogP contribution in [0.1, 0.15) is 26.7 Å². The molecule has 0 aromatic heterocycles. The van der Waals surface area contributed by atoms with Crippen LogP contribution in [0.3, 0.4) is 0 Å². The van der Waals surface area contributed by atoms with E-state index >= 15 is 0 Å². The third kappa shape index (κ3) is 5.12. The molecule has 1 atom stereocenters. The summed E-state index contributed by atoms with van der Waals surface area (Å²) in [5.41, 5.74) is -0.698. The van der Waals surface area contributed by atoms with Gasteiger partial charge in [0.1, 0.15) is 11.9 Å². The topological polar surface area (TPSA) is 52.6 Å². The summed E-state index contributed by atoms with van der Waals surface area (Å²) in [6, 6.07) is 0. The SMILES string of the molecule is CCOP(=O)(OCC)C(C=O)CCCCl. The highest BCUT2D eigenvalue weighted by atomic mass is 35.5. The predicted octanol–water partition coefficient (Wildman–Crippen LogP) is 2.84. The fourth-order valence-corrected chi connectivity index (χ4v) is 3.16. The molecular weight excluding hydrogens is 239 g/mol. The number of aldehydes is 1. The van der Waals surface area contributed by atoms with E-state index in [0.717, 1.165) is 0 Å². The minimum atomic E-state index is -3.29. The summed E-state index contributed by atoms with van der Waals surface area (Å²) < 4.78 is 22.3. The van der Waals surface area contributed by atoms with Crippen LogP contribution in [-0.2, 0) is 18.4 Å². The molecule has 0 aromatic carbocycles. The van der Waals surface area contributed by atoms with Crippen LogP contribution in [0.4, 0.5) is 0 Å². The summed E-state index contributed by atoms with van der Waals surface area (Å²) in [5, 5.41) is 0. The highest BCUT2D eigenvalue weighted by molar-refractivity contribution is 7.55. The Hall–Kier alpha value is 0.110. The van der Waals surface area contributed by atoms with Crippen molar-refractivity contribution in [3.8, 4) is 0 Å². The molecule has 0 heterocycles. The molecular formula is C9H18ClO4P. The van der Waals surface area contributed by atoms with Crippen LogP contribution < -0.4 is 0 Å². The fraction of sp³-hybridized carbons (Fsp3) is 0.889. The molecule has 0 aliphatic heterocycles. The van der Waals surface area contributed by atoms with Crippen molar-refractivity contribution < 1.29 is 18.4 Å². The maximum atomic E-state index is 12.1. The van der Waals surface area contributed by atoms with Gasteiger partial charge in [0, 0.05) is 5.88 Å². The normalized spacial score (nSPS) is 13.8. The van der Waals surface area contributed by atoms with Crippen molar-refractivity contribution >= 4 is 25.5 Å². The summed E-state index contributed by atoms with van der Waals surface area (Å²) >= 11 is 5.52. The average Bonchev–Trinajstić information content (AvgIpc) is 2.19. The minimum Gasteiger partial charge on any atom is -0.308 e. The van der Waals surface area contributed by atoms with Gasteiger partial charge in [-0.15, -0.1) is 11.6 Å². The quantitative estimate of drug-likeness (QED) is 0.362. The molecule has 0 rings (SSSR count). The molecule has 1 unspecified atom stereocenters. The summed E-state index contributed by atoms with van der Waals surface area (Å²) in [6.45, 7) is 3.97. The second kappa shape index (κ2) is 8.28. The van der Waals surface area contributed by atoms with Crippen LogP contribution in [-0.4, -0.2) is 31.0 Å². The first-order valence-corrected chi connectivity index (χ1v) is 7.19. The van der Waals surface area contributed by atoms with Crippen LogP contribution in [0.25, 0.3) is 0 Å². The van der Waals surface area contributed by atoms with Crippen molar-refractivity contribution in [2.45, 2.75) is 32.3 Å². The lowest BCUT2D eigenvalue weighted by atomic mass is 10.3. The lowest BCUT2D eigenvalue weighted by molar-refractivity contribution is -0.108. The molecule has 6 heteroatoms.